The molecule has 2 atom stereocenters. The van der Waals surface area contributed by atoms with E-state index in [1.807, 2.05) is 13.8 Å². The van der Waals surface area contributed by atoms with Crippen LogP contribution in [0.25, 0.3) is 0 Å². The van der Waals surface area contributed by atoms with Crippen LogP contribution in [-0.2, 0) is 33.4 Å². The number of carbonyl (C=O) groups excluding carboxylic acids is 5. The lowest BCUT2D eigenvalue weighted by molar-refractivity contribution is -0.159. The summed E-state index contributed by atoms with van der Waals surface area (Å²) in [6.07, 6.45) is 2.99. The summed E-state index contributed by atoms with van der Waals surface area (Å²) < 4.78 is 11.3. The van der Waals surface area contributed by atoms with Crippen molar-refractivity contribution < 1.29 is 33.4 Å². The van der Waals surface area contributed by atoms with Crippen molar-refractivity contribution in [2.75, 3.05) is 33.8 Å². The van der Waals surface area contributed by atoms with E-state index in [0.717, 1.165) is 6.42 Å². The minimum absolute atomic E-state index is 0.0448. The summed E-state index contributed by atoms with van der Waals surface area (Å²) in [6.45, 7) is 14.1. The van der Waals surface area contributed by atoms with Crippen molar-refractivity contribution in [3.05, 3.63) is 0 Å². The Kier molecular flexibility index (Phi) is 18.0. The topological polar surface area (TPSA) is 167 Å². The standard InChI is InChI=1S/C30H55N5O7/c1-21(2)15-17-41-30(6,7)18-25(37)32-16-11-10-12-23(33-26(38)20-35(8)9)27(39)34-24(14-13-22(36)19-31)28(40)42-29(3,4)5/h19,21,23-24,31H,10-18,20H2,1-9H3,(H,32,37)(H,33,38)(H,34,39). The average molecular weight is 598 g/mol. The fraction of sp³-hybridized carbons (Fsp3) is 0.800. The molecule has 0 aromatic heterocycles. The average Bonchev–Trinajstić information content (AvgIpc) is 2.82. The van der Waals surface area contributed by atoms with Crippen molar-refractivity contribution in [1.29, 1.82) is 5.41 Å². The van der Waals surface area contributed by atoms with Gasteiger partial charge in [-0.05, 0) is 86.7 Å². The molecule has 0 aliphatic rings. The quantitative estimate of drug-likeness (QED) is 0.0889. The number of rotatable bonds is 21. The van der Waals surface area contributed by atoms with E-state index in [9.17, 15) is 24.0 Å². The number of unbranched alkanes of at least 4 members (excludes halogenated alkanes) is 1. The number of hydrogen-bond donors (Lipinski definition) is 4. The van der Waals surface area contributed by atoms with Gasteiger partial charge in [-0.1, -0.05) is 13.8 Å². The number of nitrogens with zero attached hydrogens (tertiary/aromatic N) is 1. The zero-order valence-corrected chi connectivity index (χ0v) is 27.2. The summed E-state index contributed by atoms with van der Waals surface area (Å²) in [5.41, 5.74) is -1.39. The minimum Gasteiger partial charge on any atom is -0.458 e. The highest BCUT2D eigenvalue weighted by molar-refractivity contribution is 6.26. The number of hydrogen-bond acceptors (Lipinski definition) is 9. The second-order valence-electron chi connectivity index (χ2n) is 12.9. The van der Waals surface area contributed by atoms with Crippen LogP contribution in [0, 0.1) is 11.3 Å². The molecule has 0 bridgehead atoms. The number of ether oxygens (including phenoxy) is 2. The molecule has 0 saturated carbocycles. The molecule has 0 saturated heterocycles. The maximum absolute atomic E-state index is 13.3. The maximum Gasteiger partial charge on any atom is 0.329 e. The predicted molar refractivity (Wildman–Crippen MR) is 162 cm³/mol. The van der Waals surface area contributed by atoms with Crippen molar-refractivity contribution in [3.63, 3.8) is 0 Å². The monoisotopic (exact) mass is 597 g/mol. The van der Waals surface area contributed by atoms with Crippen molar-refractivity contribution in [2.24, 2.45) is 5.92 Å². The lowest BCUT2D eigenvalue weighted by atomic mass is 10.0. The van der Waals surface area contributed by atoms with Gasteiger partial charge in [-0.3, -0.25) is 19.2 Å². The first kappa shape index (κ1) is 39.1. The van der Waals surface area contributed by atoms with Crippen molar-refractivity contribution in [3.8, 4) is 0 Å². The molecule has 0 aromatic rings. The van der Waals surface area contributed by atoms with Crippen LogP contribution < -0.4 is 16.0 Å². The third-order valence-electron chi connectivity index (χ3n) is 5.98. The fourth-order valence-electron chi connectivity index (χ4n) is 3.82. The molecule has 0 spiro atoms. The van der Waals surface area contributed by atoms with Gasteiger partial charge in [0.1, 0.15) is 17.7 Å². The molecular formula is C30H55N5O7. The second kappa shape index (κ2) is 19.4. The van der Waals surface area contributed by atoms with Crippen LogP contribution in [0.3, 0.4) is 0 Å². The Bertz CT molecular complexity index is 897. The number of carbonyl (C=O) groups is 5. The molecule has 4 N–H and O–H groups in total. The summed E-state index contributed by atoms with van der Waals surface area (Å²) >= 11 is 0. The first-order chi connectivity index (χ1) is 19.3. The number of esters is 1. The lowest BCUT2D eigenvalue weighted by Gasteiger charge is -2.26. The number of Topliss-reactive ketones (excluding diaryl/α,β-unsaturated/α-hetero) is 1. The van der Waals surface area contributed by atoms with Gasteiger partial charge in [0.05, 0.1) is 24.8 Å². The highest BCUT2D eigenvalue weighted by Gasteiger charge is 2.30. The number of amides is 3. The molecule has 242 valence electrons. The van der Waals surface area contributed by atoms with Crippen LogP contribution in [0.5, 0.6) is 0 Å². The summed E-state index contributed by atoms with van der Waals surface area (Å²) in [7, 11) is 3.46. The highest BCUT2D eigenvalue weighted by atomic mass is 16.6. The molecule has 0 aliphatic heterocycles. The molecule has 3 amide bonds. The van der Waals surface area contributed by atoms with Gasteiger partial charge in [0.15, 0.2) is 5.78 Å². The largest absolute Gasteiger partial charge is 0.458 e. The van der Waals surface area contributed by atoms with Crippen molar-refractivity contribution in [1.82, 2.24) is 20.9 Å². The van der Waals surface area contributed by atoms with Gasteiger partial charge in [-0.2, -0.15) is 0 Å². The summed E-state index contributed by atoms with van der Waals surface area (Å²) in [5.74, 6) is -1.73. The van der Waals surface area contributed by atoms with Gasteiger partial charge in [0, 0.05) is 19.6 Å². The van der Waals surface area contributed by atoms with E-state index in [1.54, 1.807) is 39.8 Å². The lowest BCUT2D eigenvalue weighted by Crippen LogP contribution is -2.53. The van der Waals surface area contributed by atoms with Gasteiger partial charge < -0.3 is 35.7 Å². The number of likely N-dealkylation sites (N-methyl/N-ethyl adjacent to an activating group) is 1. The maximum atomic E-state index is 13.3. The zero-order chi connectivity index (χ0) is 32.5. The zero-order valence-electron chi connectivity index (χ0n) is 27.2. The van der Waals surface area contributed by atoms with Gasteiger partial charge in [0.25, 0.3) is 0 Å². The van der Waals surface area contributed by atoms with Crippen LogP contribution in [0.4, 0.5) is 0 Å². The SMILES string of the molecule is CC(C)CCOC(C)(C)CC(=O)NCCCCC(NC(=O)CN(C)C)C(=O)NC(CCC(=O)C=N)C(=O)OC(C)(C)C. The molecule has 0 radical (unpaired) electrons. The Balaban J connectivity index is 5.19. The Hall–Kier alpha value is -2.86. The van der Waals surface area contributed by atoms with E-state index in [0.29, 0.717) is 38.1 Å². The molecule has 12 heteroatoms. The molecule has 42 heavy (non-hydrogen) atoms. The Morgan fingerprint density at radius 1 is 0.881 bits per heavy atom. The third-order valence-corrected chi connectivity index (χ3v) is 5.98. The third kappa shape index (κ3) is 20.1. The smallest absolute Gasteiger partial charge is 0.329 e. The summed E-state index contributed by atoms with van der Waals surface area (Å²) in [4.78, 5) is 64.3. The van der Waals surface area contributed by atoms with E-state index in [1.165, 1.54) is 0 Å². The normalized spacial score (nSPS) is 13.3. The van der Waals surface area contributed by atoms with Crippen LogP contribution in [0.15, 0.2) is 0 Å². The van der Waals surface area contributed by atoms with E-state index < -0.39 is 40.9 Å². The van der Waals surface area contributed by atoms with Crippen LogP contribution in [0.2, 0.25) is 0 Å². The Morgan fingerprint density at radius 3 is 2.07 bits per heavy atom. The van der Waals surface area contributed by atoms with Gasteiger partial charge in [-0.25, -0.2) is 4.79 Å². The minimum atomic E-state index is -1.13. The van der Waals surface area contributed by atoms with E-state index in [2.05, 4.69) is 29.8 Å². The second-order valence-corrected chi connectivity index (χ2v) is 12.9. The van der Waals surface area contributed by atoms with E-state index in [4.69, 9.17) is 14.9 Å². The van der Waals surface area contributed by atoms with Crippen LogP contribution in [0.1, 0.15) is 93.4 Å². The predicted octanol–water partition coefficient (Wildman–Crippen LogP) is 2.38. The number of ketones is 1. The van der Waals surface area contributed by atoms with Gasteiger partial charge in [0.2, 0.25) is 17.7 Å². The first-order valence-electron chi connectivity index (χ1n) is 14.8. The summed E-state index contributed by atoms with van der Waals surface area (Å²) in [6, 6.07) is -2.07. The Morgan fingerprint density at radius 2 is 1.52 bits per heavy atom. The van der Waals surface area contributed by atoms with Crippen LogP contribution >= 0.6 is 0 Å². The van der Waals surface area contributed by atoms with Crippen molar-refractivity contribution in [2.45, 2.75) is 117 Å². The summed E-state index contributed by atoms with van der Waals surface area (Å²) in [5, 5.41) is 15.3. The highest BCUT2D eigenvalue weighted by Crippen LogP contribution is 2.16. The van der Waals surface area contributed by atoms with Gasteiger partial charge >= 0.3 is 5.97 Å². The fourth-order valence-corrected chi connectivity index (χ4v) is 3.82. The molecule has 0 fully saturated rings. The molecule has 0 aliphatic carbocycles. The van der Waals surface area contributed by atoms with Gasteiger partial charge in [-0.15, -0.1) is 0 Å². The first-order valence-corrected chi connectivity index (χ1v) is 14.8. The molecule has 0 heterocycles. The molecule has 2 unspecified atom stereocenters. The molecule has 0 aromatic carbocycles. The molecule has 12 nitrogen and oxygen atoms in total. The Labute approximate surface area is 251 Å². The van der Waals surface area contributed by atoms with E-state index in [-0.39, 0.29) is 44.0 Å². The van der Waals surface area contributed by atoms with Crippen LogP contribution in [-0.4, -0.2) is 97.7 Å². The number of nitrogens with one attached hydrogen (secondary N) is 4. The van der Waals surface area contributed by atoms with Crippen molar-refractivity contribution >= 4 is 35.7 Å². The molecule has 0 rings (SSSR count). The molecular weight excluding hydrogens is 542 g/mol. The van der Waals surface area contributed by atoms with E-state index >= 15 is 0 Å².